The van der Waals surface area contributed by atoms with Crippen LogP contribution in [0.1, 0.15) is 22.3 Å². The first-order valence-electron chi connectivity index (χ1n) is 4.07. The van der Waals surface area contributed by atoms with Gasteiger partial charge in [0.1, 0.15) is 0 Å². The van der Waals surface area contributed by atoms with Crippen LogP contribution in [0.5, 0.6) is 0 Å². The first-order chi connectivity index (χ1) is 6.90. The Bertz CT molecular complexity index is 418. The average molecular weight is 278 g/mol. The van der Waals surface area contributed by atoms with E-state index in [1.807, 2.05) is 0 Å². The topological polar surface area (TPSA) is 23.8 Å². The molecule has 0 aliphatic heterocycles. The van der Waals surface area contributed by atoms with Crippen molar-refractivity contribution in [2.75, 3.05) is 0 Å². The molecule has 0 saturated carbocycles. The summed E-state index contributed by atoms with van der Waals surface area (Å²) < 4.78 is 37.4. The second-order valence-corrected chi connectivity index (χ2v) is 3.63. The minimum absolute atomic E-state index is 0.0600. The monoisotopic (exact) mass is 277 g/mol. The van der Waals surface area contributed by atoms with E-state index >= 15 is 0 Å². The highest BCUT2D eigenvalue weighted by molar-refractivity contribution is 9.08. The SMILES string of the molecule is Cc1cc(CBr)c(C#N)cc1C(F)(F)F. The van der Waals surface area contributed by atoms with Gasteiger partial charge in [-0.25, -0.2) is 0 Å². The summed E-state index contributed by atoms with van der Waals surface area (Å²) in [4.78, 5) is 0. The van der Waals surface area contributed by atoms with Gasteiger partial charge in [-0.3, -0.25) is 0 Å². The fraction of sp³-hybridized carbons (Fsp3) is 0.300. The van der Waals surface area contributed by atoms with Crippen molar-refractivity contribution in [3.8, 4) is 6.07 Å². The van der Waals surface area contributed by atoms with Crippen LogP contribution in [0.2, 0.25) is 0 Å². The standard InChI is InChI=1S/C10H7BrF3N/c1-6-2-7(4-11)8(5-15)3-9(6)10(12,13)14/h2-3H,4H2,1H3. The summed E-state index contributed by atoms with van der Waals surface area (Å²) in [6, 6.07) is 4.04. The zero-order chi connectivity index (χ0) is 11.6. The summed E-state index contributed by atoms with van der Waals surface area (Å²) >= 11 is 3.13. The average Bonchev–Trinajstić information content (AvgIpc) is 2.15. The lowest BCUT2D eigenvalue weighted by Gasteiger charge is -2.12. The van der Waals surface area contributed by atoms with E-state index in [4.69, 9.17) is 5.26 Å². The number of halogens is 4. The minimum Gasteiger partial charge on any atom is -0.192 e. The fourth-order valence-electron chi connectivity index (χ4n) is 1.29. The van der Waals surface area contributed by atoms with Gasteiger partial charge in [-0.2, -0.15) is 18.4 Å². The summed E-state index contributed by atoms with van der Waals surface area (Å²) in [5.74, 6) is 0. The Kier molecular flexibility index (Phi) is 3.40. The number of hydrogen-bond donors (Lipinski definition) is 0. The third kappa shape index (κ3) is 2.51. The zero-order valence-electron chi connectivity index (χ0n) is 7.82. The number of nitriles is 1. The van der Waals surface area contributed by atoms with Crippen molar-refractivity contribution in [3.63, 3.8) is 0 Å². The zero-order valence-corrected chi connectivity index (χ0v) is 9.41. The van der Waals surface area contributed by atoms with E-state index < -0.39 is 11.7 Å². The fourth-order valence-corrected chi connectivity index (χ4v) is 1.75. The van der Waals surface area contributed by atoms with Crippen molar-refractivity contribution in [1.82, 2.24) is 0 Å². The Morgan fingerprint density at radius 3 is 2.40 bits per heavy atom. The third-order valence-corrected chi connectivity index (χ3v) is 2.62. The maximum absolute atomic E-state index is 12.5. The maximum atomic E-state index is 12.5. The van der Waals surface area contributed by atoms with Crippen LogP contribution in [0.3, 0.4) is 0 Å². The molecular weight excluding hydrogens is 271 g/mol. The molecule has 0 spiro atoms. The van der Waals surface area contributed by atoms with Gasteiger partial charge in [0.2, 0.25) is 0 Å². The van der Waals surface area contributed by atoms with E-state index in [0.717, 1.165) is 6.07 Å². The predicted octanol–water partition coefficient (Wildman–Crippen LogP) is 3.78. The van der Waals surface area contributed by atoms with Crippen LogP contribution >= 0.6 is 15.9 Å². The Balaban J connectivity index is 3.41. The Morgan fingerprint density at radius 1 is 1.40 bits per heavy atom. The van der Waals surface area contributed by atoms with Gasteiger partial charge in [0, 0.05) is 5.33 Å². The summed E-state index contributed by atoms with van der Waals surface area (Å²) in [5.41, 5.74) is 0.0208. The second kappa shape index (κ2) is 4.23. The molecule has 0 radical (unpaired) electrons. The molecule has 80 valence electrons. The van der Waals surface area contributed by atoms with Crippen LogP contribution in [0.25, 0.3) is 0 Å². The predicted molar refractivity (Wildman–Crippen MR) is 53.5 cm³/mol. The molecule has 1 aromatic rings. The van der Waals surface area contributed by atoms with Crippen LogP contribution in [0, 0.1) is 18.3 Å². The van der Waals surface area contributed by atoms with Crippen molar-refractivity contribution < 1.29 is 13.2 Å². The lowest BCUT2D eigenvalue weighted by Crippen LogP contribution is -2.08. The molecule has 0 aliphatic carbocycles. The first-order valence-corrected chi connectivity index (χ1v) is 5.19. The molecule has 0 aromatic heterocycles. The molecular formula is C10H7BrF3N. The number of benzene rings is 1. The molecule has 1 rings (SSSR count). The molecule has 0 heterocycles. The summed E-state index contributed by atoms with van der Waals surface area (Å²) in [6.45, 7) is 1.39. The smallest absolute Gasteiger partial charge is 0.192 e. The molecule has 1 nitrogen and oxygen atoms in total. The van der Waals surface area contributed by atoms with Gasteiger partial charge in [-0.15, -0.1) is 0 Å². The molecule has 0 amide bonds. The lowest BCUT2D eigenvalue weighted by atomic mass is 10.0. The van der Waals surface area contributed by atoms with Crippen molar-refractivity contribution >= 4 is 15.9 Å². The molecule has 15 heavy (non-hydrogen) atoms. The quantitative estimate of drug-likeness (QED) is 0.717. The number of aryl methyl sites for hydroxylation is 1. The van der Waals surface area contributed by atoms with Crippen LogP contribution < -0.4 is 0 Å². The minimum atomic E-state index is -4.40. The second-order valence-electron chi connectivity index (χ2n) is 3.07. The van der Waals surface area contributed by atoms with Crippen LogP contribution in [0.4, 0.5) is 13.2 Å². The van der Waals surface area contributed by atoms with E-state index in [1.165, 1.54) is 13.0 Å². The van der Waals surface area contributed by atoms with Gasteiger partial charge >= 0.3 is 6.18 Å². The normalized spacial score (nSPS) is 11.2. The highest BCUT2D eigenvalue weighted by Crippen LogP contribution is 2.33. The van der Waals surface area contributed by atoms with Gasteiger partial charge < -0.3 is 0 Å². The van der Waals surface area contributed by atoms with Crippen molar-refractivity contribution in [1.29, 1.82) is 5.26 Å². The van der Waals surface area contributed by atoms with Gasteiger partial charge in [0.05, 0.1) is 17.2 Å². The van der Waals surface area contributed by atoms with E-state index in [-0.39, 0.29) is 11.1 Å². The molecule has 0 bridgehead atoms. The number of rotatable bonds is 1. The first kappa shape index (κ1) is 12.1. The highest BCUT2D eigenvalue weighted by Gasteiger charge is 2.33. The van der Waals surface area contributed by atoms with E-state index in [9.17, 15) is 13.2 Å². The van der Waals surface area contributed by atoms with E-state index in [2.05, 4.69) is 15.9 Å². The highest BCUT2D eigenvalue weighted by atomic mass is 79.9. The van der Waals surface area contributed by atoms with Crippen molar-refractivity contribution in [2.24, 2.45) is 0 Å². The largest absolute Gasteiger partial charge is 0.416 e. The lowest BCUT2D eigenvalue weighted by molar-refractivity contribution is -0.138. The van der Waals surface area contributed by atoms with Crippen LogP contribution in [-0.4, -0.2) is 0 Å². The Hall–Kier alpha value is -1.02. The van der Waals surface area contributed by atoms with Gasteiger partial charge in [0.25, 0.3) is 0 Å². The molecule has 5 heteroatoms. The van der Waals surface area contributed by atoms with Gasteiger partial charge in [-0.1, -0.05) is 22.0 Å². The molecule has 0 aliphatic rings. The molecule has 0 unspecified atom stereocenters. The van der Waals surface area contributed by atoms with Gasteiger partial charge in [-0.05, 0) is 24.1 Å². The maximum Gasteiger partial charge on any atom is 0.416 e. The number of hydrogen-bond acceptors (Lipinski definition) is 1. The Labute approximate surface area is 93.6 Å². The number of nitrogens with zero attached hydrogens (tertiary/aromatic N) is 1. The van der Waals surface area contributed by atoms with Crippen molar-refractivity contribution in [3.05, 3.63) is 34.4 Å². The van der Waals surface area contributed by atoms with Crippen LogP contribution in [0.15, 0.2) is 12.1 Å². The van der Waals surface area contributed by atoms with Crippen molar-refractivity contribution in [2.45, 2.75) is 18.4 Å². The summed E-state index contributed by atoms with van der Waals surface area (Å²) in [7, 11) is 0. The molecule has 0 atom stereocenters. The molecule has 1 aromatic carbocycles. The van der Waals surface area contributed by atoms with Crippen LogP contribution in [-0.2, 0) is 11.5 Å². The Morgan fingerprint density at radius 2 is 2.00 bits per heavy atom. The third-order valence-electron chi connectivity index (χ3n) is 2.02. The summed E-state index contributed by atoms with van der Waals surface area (Å²) in [6.07, 6.45) is -4.40. The molecule has 0 fully saturated rings. The van der Waals surface area contributed by atoms with E-state index in [1.54, 1.807) is 6.07 Å². The molecule has 0 N–H and O–H groups in total. The molecule has 0 saturated heterocycles. The van der Waals surface area contributed by atoms with Gasteiger partial charge in [0.15, 0.2) is 0 Å². The van der Waals surface area contributed by atoms with E-state index in [0.29, 0.717) is 10.9 Å². The summed E-state index contributed by atoms with van der Waals surface area (Å²) in [5, 5.41) is 9.06. The number of alkyl halides is 4.